The molecule has 0 heterocycles. The van der Waals surface area contributed by atoms with Crippen molar-refractivity contribution < 1.29 is 9.13 Å². The molecule has 1 aliphatic carbocycles. The molecule has 2 aromatic rings. The molecule has 5 nitrogen and oxygen atoms in total. The van der Waals surface area contributed by atoms with Gasteiger partial charge in [-0.05, 0) is 55.2 Å². The zero-order valence-electron chi connectivity index (χ0n) is 16.0. The van der Waals surface area contributed by atoms with Crippen LogP contribution in [0.1, 0.15) is 42.0 Å². The van der Waals surface area contributed by atoms with Crippen LogP contribution in [0, 0.1) is 12.7 Å². The SMILES string of the molecule is CCC(=NN=C1CCc2cc(F)ccc21)OCc1c(C)cccc1N(C)N. The van der Waals surface area contributed by atoms with Gasteiger partial charge in [-0.1, -0.05) is 19.1 Å². The van der Waals surface area contributed by atoms with Crippen molar-refractivity contribution in [1.82, 2.24) is 0 Å². The maximum absolute atomic E-state index is 13.3. The Hall–Kier alpha value is -2.73. The summed E-state index contributed by atoms with van der Waals surface area (Å²) >= 11 is 0. The summed E-state index contributed by atoms with van der Waals surface area (Å²) in [5, 5.41) is 10.3. The van der Waals surface area contributed by atoms with Gasteiger partial charge in [-0.2, -0.15) is 5.10 Å². The minimum absolute atomic E-state index is 0.213. The second kappa shape index (κ2) is 8.31. The van der Waals surface area contributed by atoms with E-state index in [2.05, 4.69) is 10.2 Å². The Balaban J connectivity index is 1.76. The molecule has 0 spiro atoms. The lowest BCUT2D eigenvalue weighted by Gasteiger charge is -2.19. The van der Waals surface area contributed by atoms with Crippen LogP contribution < -0.4 is 10.9 Å². The zero-order chi connectivity index (χ0) is 19.4. The standard InChI is InChI=1S/C21H25FN4O/c1-4-21(27-13-18-14(2)6-5-7-20(18)26(3)23)25-24-19-11-8-15-12-16(22)9-10-17(15)19/h5-7,9-10,12H,4,8,11,13,23H2,1-3H3. The van der Waals surface area contributed by atoms with Crippen molar-refractivity contribution in [2.45, 2.75) is 39.7 Å². The molecule has 2 N–H and O–H groups in total. The predicted octanol–water partition coefficient (Wildman–Crippen LogP) is 4.12. The first-order valence-corrected chi connectivity index (χ1v) is 9.11. The van der Waals surface area contributed by atoms with Crippen LogP contribution in [0.2, 0.25) is 0 Å². The molecule has 1 aliphatic rings. The number of benzene rings is 2. The Morgan fingerprint density at radius 1 is 1.26 bits per heavy atom. The predicted molar refractivity (Wildman–Crippen MR) is 108 cm³/mol. The van der Waals surface area contributed by atoms with Crippen LogP contribution in [0.15, 0.2) is 46.6 Å². The number of ether oxygens (including phenoxy) is 1. The Bertz CT molecular complexity index is 890. The molecule has 0 radical (unpaired) electrons. The molecule has 0 atom stereocenters. The minimum Gasteiger partial charge on any atom is -0.475 e. The summed E-state index contributed by atoms with van der Waals surface area (Å²) in [6.07, 6.45) is 2.19. The monoisotopic (exact) mass is 368 g/mol. The fraction of sp³-hybridized carbons (Fsp3) is 0.333. The van der Waals surface area contributed by atoms with Crippen LogP contribution in [0.4, 0.5) is 10.1 Å². The fourth-order valence-corrected chi connectivity index (χ4v) is 3.22. The van der Waals surface area contributed by atoms with Crippen molar-refractivity contribution in [3.8, 4) is 0 Å². The zero-order valence-corrected chi connectivity index (χ0v) is 16.0. The number of nitrogens with two attached hydrogens (primary N) is 1. The summed E-state index contributed by atoms with van der Waals surface area (Å²) in [6, 6.07) is 10.8. The van der Waals surface area contributed by atoms with Crippen LogP contribution in [-0.2, 0) is 17.8 Å². The second-order valence-electron chi connectivity index (χ2n) is 6.67. The van der Waals surface area contributed by atoms with Crippen molar-refractivity contribution >= 4 is 17.3 Å². The van der Waals surface area contributed by atoms with Crippen LogP contribution in [0.25, 0.3) is 0 Å². The van der Waals surface area contributed by atoms with Gasteiger partial charge in [0.1, 0.15) is 12.4 Å². The van der Waals surface area contributed by atoms with Crippen molar-refractivity contribution in [2.24, 2.45) is 16.0 Å². The molecule has 0 amide bonds. The maximum atomic E-state index is 13.3. The first-order chi connectivity index (χ1) is 13.0. The van der Waals surface area contributed by atoms with Crippen LogP contribution in [-0.4, -0.2) is 18.7 Å². The van der Waals surface area contributed by atoms with Gasteiger partial charge in [-0.25, -0.2) is 10.2 Å². The highest BCUT2D eigenvalue weighted by atomic mass is 19.1. The van der Waals surface area contributed by atoms with E-state index in [-0.39, 0.29) is 5.82 Å². The third kappa shape index (κ3) is 4.34. The van der Waals surface area contributed by atoms with Gasteiger partial charge in [-0.3, -0.25) is 0 Å². The number of hydrazine groups is 1. The van der Waals surface area contributed by atoms with E-state index in [1.165, 1.54) is 6.07 Å². The molecule has 0 saturated carbocycles. The van der Waals surface area contributed by atoms with Crippen molar-refractivity contribution in [2.75, 3.05) is 12.1 Å². The van der Waals surface area contributed by atoms with Crippen molar-refractivity contribution in [3.63, 3.8) is 0 Å². The highest BCUT2D eigenvalue weighted by molar-refractivity contribution is 6.04. The van der Waals surface area contributed by atoms with Crippen LogP contribution in [0.5, 0.6) is 0 Å². The summed E-state index contributed by atoms with van der Waals surface area (Å²) < 4.78 is 19.3. The highest BCUT2D eigenvalue weighted by Crippen LogP contribution is 2.24. The number of anilines is 1. The molecule has 0 saturated heterocycles. The molecule has 6 heteroatoms. The number of halogens is 1. The third-order valence-corrected chi connectivity index (χ3v) is 4.74. The minimum atomic E-state index is -0.213. The Morgan fingerprint density at radius 2 is 2.07 bits per heavy atom. The van der Waals surface area contributed by atoms with Crippen molar-refractivity contribution in [3.05, 3.63) is 64.5 Å². The molecular formula is C21H25FN4O. The number of hydrogen-bond donors (Lipinski definition) is 1. The fourth-order valence-electron chi connectivity index (χ4n) is 3.22. The molecule has 0 bridgehead atoms. The lowest BCUT2D eigenvalue weighted by atomic mass is 10.1. The van der Waals surface area contributed by atoms with Gasteiger partial charge in [-0.15, -0.1) is 5.10 Å². The van der Waals surface area contributed by atoms with E-state index in [0.717, 1.165) is 46.5 Å². The average molecular weight is 368 g/mol. The largest absolute Gasteiger partial charge is 0.475 e. The van der Waals surface area contributed by atoms with Gasteiger partial charge in [0.25, 0.3) is 0 Å². The quantitative estimate of drug-likeness (QED) is 0.374. The summed E-state index contributed by atoms with van der Waals surface area (Å²) in [7, 11) is 1.81. The van der Waals surface area contributed by atoms with Gasteiger partial charge >= 0.3 is 0 Å². The third-order valence-electron chi connectivity index (χ3n) is 4.74. The van der Waals surface area contributed by atoms with E-state index in [1.807, 2.05) is 32.0 Å². The summed E-state index contributed by atoms with van der Waals surface area (Å²) in [6.45, 7) is 4.39. The summed E-state index contributed by atoms with van der Waals surface area (Å²) in [4.78, 5) is 0. The number of aryl methyl sites for hydroxylation is 2. The molecule has 0 unspecified atom stereocenters. The van der Waals surface area contributed by atoms with Gasteiger partial charge in [0, 0.05) is 24.6 Å². The Kier molecular flexibility index (Phi) is 5.86. The van der Waals surface area contributed by atoms with Gasteiger partial charge in [0.15, 0.2) is 0 Å². The summed E-state index contributed by atoms with van der Waals surface area (Å²) in [5.74, 6) is 6.27. The normalized spacial score (nSPS) is 15.1. The molecule has 3 rings (SSSR count). The number of fused-ring (bicyclic) bond motifs is 1. The Morgan fingerprint density at radius 3 is 2.81 bits per heavy atom. The first kappa shape index (κ1) is 19.0. The Labute approximate surface area is 159 Å². The first-order valence-electron chi connectivity index (χ1n) is 9.11. The highest BCUT2D eigenvalue weighted by Gasteiger charge is 2.18. The van der Waals surface area contributed by atoms with E-state index < -0.39 is 0 Å². The van der Waals surface area contributed by atoms with E-state index >= 15 is 0 Å². The van der Waals surface area contributed by atoms with Crippen molar-refractivity contribution in [1.29, 1.82) is 0 Å². The van der Waals surface area contributed by atoms with Gasteiger partial charge in [0.05, 0.1) is 11.4 Å². The maximum Gasteiger partial charge on any atom is 0.208 e. The van der Waals surface area contributed by atoms with E-state index in [9.17, 15) is 4.39 Å². The molecular weight excluding hydrogens is 343 g/mol. The number of hydrogen-bond acceptors (Lipinski definition) is 5. The smallest absolute Gasteiger partial charge is 0.208 e. The molecule has 0 fully saturated rings. The van der Waals surface area contributed by atoms with E-state index in [4.69, 9.17) is 10.6 Å². The average Bonchev–Trinajstić information content (AvgIpc) is 3.04. The van der Waals surface area contributed by atoms with E-state index in [1.54, 1.807) is 24.2 Å². The van der Waals surface area contributed by atoms with E-state index in [0.29, 0.717) is 18.9 Å². The van der Waals surface area contributed by atoms with Gasteiger partial charge in [0.2, 0.25) is 5.90 Å². The molecule has 2 aromatic carbocycles. The van der Waals surface area contributed by atoms with Crippen LogP contribution >= 0.6 is 0 Å². The molecule has 27 heavy (non-hydrogen) atoms. The number of nitrogens with zero attached hydrogens (tertiary/aromatic N) is 3. The topological polar surface area (TPSA) is 63.2 Å². The second-order valence-corrected chi connectivity index (χ2v) is 6.67. The summed E-state index contributed by atoms with van der Waals surface area (Å²) in [5.41, 5.74) is 5.89. The van der Waals surface area contributed by atoms with Gasteiger partial charge < -0.3 is 9.75 Å². The lowest BCUT2D eigenvalue weighted by molar-refractivity contribution is 0.283. The molecule has 0 aliphatic heterocycles. The molecule has 142 valence electrons. The number of rotatable bonds is 5. The lowest BCUT2D eigenvalue weighted by Crippen LogP contribution is -2.26. The molecule has 0 aromatic heterocycles. The van der Waals surface area contributed by atoms with Crippen LogP contribution in [0.3, 0.4) is 0 Å².